The van der Waals surface area contributed by atoms with Gasteiger partial charge >= 0.3 is 12.0 Å². The monoisotopic (exact) mass is 335 g/mol. The molecule has 132 valence electrons. The summed E-state index contributed by atoms with van der Waals surface area (Å²) in [6.45, 7) is 7.75. The van der Waals surface area contributed by atoms with E-state index in [1.807, 2.05) is 27.7 Å². The standard InChI is InChI=1S/C17H25N3O4/c1-5-10-24-15(22)12-6-8-13(9-7-12)19-16(23)18-11-14(21)20-17(2,3)4/h6-9H,5,10-11H2,1-4H3,(H,20,21)(H2,18,19,23). The second-order valence-corrected chi connectivity index (χ2v) is 6.32. The smallest absolute Gasteiger partial charge is 0.338 e. The number of benzene rings is 1. The predicted molar refractivity (Wildman–Crippen MR) is 91.9 cm³/mol. The lowest BCUT2D eigenvalue weighted by molar-refractivity contribution is -0.121. The molecule has 0 aliphatic carbocycles. The Morgan fingerprint density at radius 2 is 1.71 bits per heavy atom. The number of esters is 1. The number of nitrogens with one attached hydrogen (secondary N) is 3. The van der Waals surface area contributed by atoms with Gasteiger partial charge in [-0.3, -0.25) is 4.79 Å². The largest absolute Gasteiger partial charge is 0.462 e. The van der Waals surface area contributed by atoms with Gasteiger partial charge in [0.15, 0.2) is 0 Å². The van der Waals surface area contributed by atoms with Gasteiger partial charge in [-0.25, -0.2) is 9.59 Å². The molecule has 0 aliphatic heterocycles. The van der Waals surface area contributed by atoms with Gasteiger partial charge in [0.05, 0.1) is 18.7 Å². The fourth-order valence-electron chi connectivity index (χ4n) is 1.77. The highest BCUT2D eigenvalue weighted by atomic mass is 16.5. The number of carbonyl (C=O) groups excluding carboxylic acids is 3. The third-order valence-electron chi connectivity index (χ3n) is 2.74. The molecule has 0 aliphatic rings. The highest BCUT2D eigenvalue weighted by Crippen LogP contribution is 2.10. The van der Waals surface area contributed by atoms with Gasteiger partial charge in [-0.1, -0.05) is 6.92 Å². The van der Waals surface area contributed by atoms with Gasteiger partial charge in [-0.2, -0.15) is 0 Å². The first-order valence-electron chi connectivity index (χ1n) is 7.84. The molecule has 0 heterocycles. The average molecular weight is 335 g/mol. The van der Waals surface area contributed by atoms with Crippen LogP contribution in [0.3, 0.4) is 0 Å². The molecule has 7 heteroatoms. The van der Waals surface area contributed by atoms with Crippen LogP contribution in [0.15, 0.2) is 24.3 Å². The van der Waals surface area contributed by atoms with E-state index in [-0.39, 0.29) is 18.0 Å². The minimum atomic E-state index is -0.500. The summed E-state index contributed by atoms with van der Waals surface area (Å²) in [6.07, 6.45) is 0.758. The van der Waals surface area contributed by atoms with Crippen molar-refractivity contribution in [2.75, 3.05) is 18.5 Å². The first-order valence-corrected chi connectivity index (χ1v) is 7.84. The number of urea groups is 1. The van der Waals surface area contributed by atoms with Gasteiger partial charge in [0, 0.05) is 11.2 Å². The molecular weight excluding hydrogens is 310 g/mol. The Hall–Kier alpha value is -2.57. The topological polar surface area (TPSA) is 96.5 Å². The van der Waals surface area contributed by atoms with E-state index in [0.717, 1.165) is 6.42 Å². The molecule has 0 fully saturated rings. The molecule has 1 rings (SSSR count). The number of amides is 3. The van der Waals surface area contributed by atoms with E-state index >= 15 is 0 Å². The first-order chi connectivity index (χ1) is 11.2. The molecule has 7 nitrogen and oxygen atoms in total. The predicted octanol–water partition coefficient (Wildman–Crippen LogP) is 2.29. The van der Waals surface area contributed by atoms with Crippen LogP contribution in [-0.2, 0) is 9.53 Å². The van der Waals surface area contributed by atoms with E-state index in [9.17, 15) is 14.4 Å². The Labute approximate surface area is 142 Å². The highest BCUT2D eigenvalue weighted by molar-refractivity contribution is 5.93. The lowest BCUT2D eigenvalue weighted by atomic mass is 10.1. The van der Waals surface area contributed by atoms with Crippen molar-refractivity contribution in [2.45, 2.75) is 39.7 Å². The lowest BCUT2D eigenvalue weighted by Crippen LogP contribution is -2.46. The van der Waals surface area contributed by atoms with Gasteiger partial charge in [-0.05, 0) is 51.5 Å². The molecule has 3 amide bonds. The first kappa shape index (κ1) is 19.5. The van der Waals surface area contributed by atoms with Crippen molar-refractivity contribution in [3.05, 3.63) is 29.8 Å². The Morgan fingerprint density at radius 1 is 1.08 bits per heavy atom. The Bertz CT molecular complexity index is 576. The van der Waals surface area contributed by atoms with Crippen LogP contribution in [0.1, 0.15) is 44.5 Å². The van der Waals surface area contributed by atoms with Gasteiger partial charge in [0.1, 0.15) is 0 Å². The average Bonchev–Trinajstić information content (AvgIpc) is 2.49. The summed E-state index contributed by atoms with van der Waals surface area (Å²) in [6, 6.07) is 5.83. The number of anilines is 1. The molecule has 0 atom stereocenters. The molecule has 0 radical (unpaired) electrons. The van der Waals surface area contributed by atoms with Gasteiger partial charge < -0.3 is 20.7 Å². The van der Waals surface area contributed by atoms with E-state index in [2.05, 4.69) is 16.0 Å². The quantitative estimate of drug-likeness (QED) is 0.695. The van der Waals surface area contributed by atoms with E-state index in [0.29, 0.717) is 17.9 Å². The highest BCUT2D eigenvalue weighted by Gasteiger charge is 2.14. The van der Waals surface area contributed by atoms with Crippen molar-refractivity contribution in [1.29, 1.82) is 0 Å². The van der Waals surface area contributed by atoms with E-state index in [4.69, 9.17) is 4.74 Å². The molecule has 24 heavy (non-hydrogen) atoms. The van der Waals surface area contributed by atoms with Crippen molar-refractivity contribution < 1.29 is 19.1 Å². The van der Waals surface area contributed by atoms with Crippen molar-refractivity contribution in [1.82, 2.24) is 10.6 Å². The van der Waals surface area contributed by atoms with Crippen molar-refractivity contribution in [2.24, 2.45) is 0 Å². The summed E-state index contributed by atoms with van der Waals surface area (Å²) >= 11 is 0. The van der Waals surface area contributed by atoms with Crippen LogP contribution in [0.5, 0.6) is 0 Å². The zero-order chi connectivity index (χ0) is 18.2. The molecule has 0 aromatic heterocycles. The SMILES string of the molecule is CCCOC(=O)c1ccc(NC(=O)NCC(=O)NC(C)(C)C)cc1. The van der Waals surface area contributed by atoms with Crippen LogP contribution >= 0.6 is 0 Å². The summed E-state index contributed by atoms with van der Waals surface area (Å²) in [7, 11) is 0. The van der Waals surface area contributed by atoms with E-state index < -0.39 is 12.0 Å². The number of carbonyl (C=O) groups is 3. The normalized spacial score (nSPS) is 10.7. The maximum Gasteiger partial charge on any atom is 0.338 e. The third-order valence-corrected chi connectivity index (χ3v) is 2.74. The number of rotatable bonds is 6. The summed E-state index contributed by atoms with van der Waals surface area (Å²) < 4.78 is 5.02. The maximum absolute atomic E-state index is 11.7. The van der Waals surface area contributed by atoms with Crippen LogP contribution in [0.25, 0.3) is 0 Å². The van der Waals surface area contributed by atoms with Crippen molar-refractivity contribution in [3.8, 4) is 0 Å². The van der Waals surface area contributed by atoms with E-state index in [1.54, 1.807) is 24.3 Å². The maximum atomic E-state index is 11.7. The fourth-order valence-corrected chi connectivity index (χ4v) is 1.77. The summed E-state index contributed by atoms with van der Waals surface area (Å²) in [5.74, 6) is -0.668. The Morgan fingerprint density at radius 3 is 2.25 bits per heavy atom. The summed E-state index contributed by atoms with van der Waals surface area (Å²) in [4.78, 5) is 35.0. The van der Waals surface area contributed by atoms with Crippen LogP contribution in [0, 0.1) is 0 Å². The molecule has 0 saturated carbocycles. The Balaban J connectivity index is 2.44. The second kappa shape index (κ2) is 8.90. The molecule has 0 saturated heterocycles. The van der Waals surface area contributed by atoms with Crippen LogP contribution < -0.4 is 16.0 Å². The second-order valence-electron chi connectivity index (χ2n) is 6.32. The summed E-state index contributed by atoms with van der Waals surface area (Å²) in [5.41, 5.74) is 0.576. The van der Waals surface area contributed by atoms with Crippen molar-refractivity contribution >= 4 is 23.6 Å². The molecule has 1 aromatic rings. The molecule has 1 aromatic carbocycles. The van der Waals surface area contributed by atoms with Crippen molar-refractivity contribution in [3.63, 3.8) is 0 Å². The number of hydrogen-bond donors (Lipinski definition) is 3. The molecule has 0 spiro atoms. The number of ether oxygens (including phenoxy) is 1. The molecular formula is C17H25N3O4. The Kier molecular flexibility index (Phi) is 7.23. The van der Waals surface area contributed by atoms with E-state index in [1.165, 1.54) is 0 Å². The van der Waals surface area contributed by atoms with Gasteiger partial charge in [0.2, 0.25) is 5.91 Å². The summed E-state index contributed by atoms with van der Waals surface area (Å²) in [5, 5.41) is 7.79. The fraction of sp³-hybridized carbons (Fsp3) is 0.471. The molecule has 0 bridgehead atoms. The third kappa shape index (κ3) is 7.62. The number of hydrogen-bond acceptors (Lipinski definition) is 4. The minimum Gasteiger partial charge on any atom is -0.462 e. The minimum absolute atomic E-state index is 0.121. The van der Waals surface area contributed by atoms with Crippen LogP contribution in [-0.4, -0.2) is 36.6 Å². The van der Waals surface area contributed by atoms with Gasteiger partial charge in [0.25, 0.3) is 0 Å². The van der Waals surface area contributed by atoms with Crippen LogP contribution in [0.2, 0.25) is 0 Å². The zero-order valence-corrected chi connectivity index (χ0v) is 14.6. The zero-order valence-electron chi connectivity index (χ0n) is 14.6. The van der Waals surface area contributed by atoms with Crippen LogP contribution in [0.4, 0.5) is 10.5 Å². The lowest BCUT2D eigenvalue weighted by Gasteiger charge is -2.20. The molecule has 0 unspecified atom stereocenters. The van der Waals surface area contributed by atoms with Gasteiger partial charge in [-0.15, -0.1) is 0 Å². The molecule has 3 N–H and O–H groups in total.